The highest BCUT2D eigenvalue weighted by atomic mass is 16.3. The molecule has 10 unspecified atom stereocenters. The predicted molar refractivity (Wildman–Crippen MR) is 125 cm³/mol. The van der Waals surface area contributed by atoms with E-state index in [0.29, 0.717) is 28.6 Å². The molecule has 3 heteroatoms. The average molecular weight is 425 g/mol. The summed E-state index contributed by atoms with van der Waals surface area (Å²) in [5.74, 6) is 7.73. The molecule has 0 aromatic rings. The van der Waals surface area contributed by atoms with Crippen molar-refractivity contribution in [2.45, 2.75) is 110 Å². The molecule has 1 spiro atoms. The molecule has 0 radical (unpaired) electrons. The fraction of sp³-hybridized carbons (Fsp3) is 0.929. The molecule has 0 aromatic carbocycles. The number of aliphatic hydroxyl groups is 1. The number of fused-ring (bicyclic) bond motifs is 6. The molecule has 4 saturated carbocycles. The molecule has 1 aliphatic heterocycles. The maximum atomic E-state index is 10.4. The highest BCUT2D eigenvalue weighted by molar-refractivity contribution is 5.19. The van der Waals surface area contributed by atoms with Crippen LogP contribution in [0.1, 0.15) is 98.3 Å². The molecular weight excluding hydrogens is 380 g/mol. The molecule has 5 rings (SSSR count). The summed E-state index contributed by atoms with van der Waals surface area (Å²) in [4.78, 5) is 0. The van der Waals surface area contributed by atoms with Crippen molar-refractivity contribution < 1.29 is 5.11 Å². The van der Waals surface area contributed by atoms with Crippen molar-refractivity contribution in [3.8, 4) is 12.3 Å². The van der Waals surface area contributed by atoms with Crippen molar-refractivity contribution in [1.29, 1.82) is 0 Å². The lowest BCUT2D eigenvalue weighted by Gasteiger charge is -2.62. The minimum atomic E-state index is -0.104. The van der Waals surface area contributed by atoms with Crippen LogP contribution in [-0.4, -0.2) is 16.9 Å². The predicted octanol–water partition coefficient (Wildman–Crippen LogP) is 6.85. The zero-order valence-corrected chi connectivity index (χ0v) is 20.3. The third kappa shape index (κ3) is 3.34. The van der Waals surface area contributed by atoms with E-state index >= 15 is 0 Å². The normalized spacial score (nSPS) is 48.9. The van der Waals surface area contributed by atoms with Gasteiger partial charge < -0.3 is 5.11 Å². The van der Waals surface area contributed by atoms with Crippen molar-refractivity contribution in [3.05, 3.63) is 0 Å². The molecular formula is C28H44N2O. The van der Waals surface area contributed by atoms with Crippen LogP contribution < -0.4 is 0 Å². The van der Waals surface area contributed by atoms with Crippen LogP contribution in [0.2, 0.25) is 0 Å². The Hall–Kier alpha value is -0.880. The van der Waals surface area contributed by atoms with Crippen LogP contribution in [0.5, 0.6) is 0 Å². The molecule has 1 heterocycles. The van der Waals surface area contributed by atoms with E-state index in [2.05, 4.69) is 33.6 Å². The van der Waals surface area contributed by atoms with E-state index in [-0.39, 0.29) is 11.8 Å². The van der Waals surface area contributed by atoms with Gasteiger partial charge in [0, 0.05) is 18.3 Å². The van der Waals surface area contributed by atoms with Gasteiger partial charge in [-0.2, -0.15) is 10.2 Å². The summed E-state index contributed by atoms with van der Waals surface area (Å²) >= 11 is 0. The van der Waals surface area contributed by atoms with Crippen LogP contribution in [0.25, 0.3) is 0 Å². The van der Waals surface area contributed by atoms with E-state index in [1.54, 1.807) is 0 Å². The Labute approximate surface area is 190 Å². The van der Waals surface area contributed by atoms with Crippen LogP contribution in [0.15, 0.2) is 10.2 Å². The van der Waals surface area contributed by atoms with E-state index in [1.807, 2.05) is 0 Å². The quantitative estimate of drug-likeness (QED) is 0.482. The van der Waals surface area contributed by atoms with Gasteiger partial charge >= 0.3 is 0 Å². The van der Waals surface area contributed by atoms with Crippen LogP contribution in [0.3, 0.4) is 0 Å². The Kier molecular flexibility index (Phi) is 5.36. The fourth-order valence-corrected chi connectivity index (χ4v) is 9.51. The second-order valence-corrected chi connectivity index (χ2v) is 12.9. The smallest absolute Gasteiger partial charge is 0.194 e. The molecule has 3 nitrogen and oxygen atoms in total. The lowest BCUT2D eigenvalue weighted by atomic mass is 9.42. The summed E-state index contributed by atoms with van der Waals surface area (Å²) in [5.41, 5.74) is 0.758. The lowest BCUT2D eigenvalue weighted by Crippen LogP contribution is -2.60. The van der Waals surface area contributed by atoms with Gasteiger partial charge in [0.05, 0.1) is 6.10 Å². The van der Waals surface area contributed by atoms with E-state index in [1.165, 1.54) is 51.4 Å². The van der Waals surface area contributed by atoms with Gasteiger partial charge in [-0.05, 0) is 91.8 Å². The molecule has 0 amide bonds. The number of hydrogen-bond acceptors (Lipinski definition) is 3. The molecule has 10 atom stereocenters. The van der Waals surface area contributed by atoms with Gasteiger partial charge in [0.25, 0.3) is 0 Å². The van der Waals surface area contributed by atoms with Gasteiger partial charge in [0.1, 0.15) is 0 Å². The summed E-state index contributed by atoms with van der Waals surface area (Å²) in [6, 6.07) is 0. The van der Waals surface area contributed by atoms with Gasteiger partial charge in [-0.3, -0.25) is 0 Å². The zero-order valence-electron chi connectivity index (χ0n) is 20.3. The Balaban J connectivity index is 1.35. The molecule has 0 bridgehead atoms. The van der Waals surface area contributed by atoms with Crippen molar-refractivity contribution in [1.82, 2.24) is 0 Å². The zero-order chi connectivity index (χ0) is 22.0. The Morgan fingerprint density at radius 3 is 2.42 bits per heavy atom. The largest absolute Gasteiger partial charge is 0.393 e. The SMILES string of the molecule is C#CC(C)CCCC(C)C1CCC2C3C(CCC12C)C1(C)CCC(O)CC1CC31N=N1. The fourth-order valence-electron chi connectivity index (χ4n) is 9.51. The number of nitrogens with zero attached hydrogens (tertiary/aromatic N) is 2. The van der Waals surface area contributed by atoms with Crippen molar-refractivity contribution >= 4 is 0 Å². The summed E-state index contributed by atoms with van der Waals surface area (Å²) in [6.07, 6.45) is 19.1. The number of terminal acetylenes is 1. The maximum Gasteiger partial charge on any atom is 0.194 e. The van der Waals surface area contributed by atoms with Crippen molar-refractivity contribution in [2.75, 3.05) is 0 Å². The minimum absolute atomic E-state index is 0.0847. The standard InChI is InChI=1S/C28H44N2O/c1-6-18(2)8-7-9-19(3)22-10-11-23-25-24(13-15-27(22,23)5)26(4)14-12-21(31)16-20(26)17-28(25)29-30-28/h1,18-25,31H,7-17H2,2-5H3. The summed E-state index contributed by atoms with van der Waals surface area (Å²) in [5, 5.41) is 20.0. The highest BCUT2D eigenvalue weighted by Crippen LogP contribution is 2.72. The van der Waals surface area contributed by atoms with E-state index in [0.717, 1.165) is 42.9 Å². The second kappa shape index (κ2) is 7.58. The van der Waals surface area contributed by atoms with E-state index in [4.69, 9.17) is 16.7 Å². The molecule has 31 heavy (non-hydrogen) atoms. The molecule has 0 saturated heterocycles. The van der Waals surface area contributed by atoms with Crippen LogP contribution in [-0.2, 0) is 0 Å². The van der Waals surface area contributed by atoms with Crippen LogP contribution in [0, 0.1) is 64.6 Å². The summed E-state index contributed by atoms with van der Waals surface area (Å²) in [7, 11) is 0. The number of rotatable bonds is 5. The Morgan fingerprint density at radius 2 is 1.71 bits per heavy atom. The monoisotopic (exact) mass is 424 g/mol. The third-order valence-electron chi connectivity index (χ3n) is 11.4. The first kappa shape index (κ1) is 21.9. The topological polar surface area (TPSA) is 45.0 Å². The van der Waals surface area contributed by atoms with Gasteiger partial charge in [0.2, 0.25) is 0 Å². The maximum absolute atomic E-state index is 10.4. The summed E-state index contributed by atoms with van der Waals surface area (Å²) < 4.78 is 0. The first-order chi connectivity index (χ1) is 14.7. The molecule has 0 aromatic heterocycles. The second-order valence-electron chi connectivity index (χ2n) is 12.9. The summed E-state index contributed by atoms with van der Waals surface area (Å²) in [6.45, 7) is 9.91. The first-order valence-electron chi connectivity index (χ1n) is 13.3. The van der Waals surface area contributed by atoms with Crippen molar-refractivity contribution in [3.63, 3.8) is 0 Å². The van der Waals surface area contributed by atoms with Crippen LogP contribution in [0.4, 0.5) is 0 Å². The number of aliphatic hydroxyl groups excluding tert-OH is 1. The van der Waals surface area contributed by atoms with E-state index < -0.39 is 0 Å². The highest BCUT2D eigenvalue weighted by Gasteiger charge is 2.70. The third-order valence-corrected chi connectivity index (χ3v) is 11.4. The molecule has 172 valence electrons. The Bertz CT molecular complexity index is 763. The molecule has 1 N–H and O–H groups in total. The van der Waals surface area contributed by atoms with Gasteiger partial charge in [-0.15, -0.1) is 12.3 Å². The molecule has 4 fully saturated rings. The van der Waals surface area contributed by atoms with Crippen LogP contribution >= 0.6 is 0 Å². The average Bonchev–Trinajstić information content (AvgIpc) is 3.41. The van der Waals surface area contributed by atoms with Gasteiger partial charge in [-0.25, -0.2) is 0 Å². The van der Waals surface area contributed by atoms with E-state index in [9.17, 15) is 5.11 Å². The van der Waals surface area contributed by atoms with Gasteiger partial charge in [0.15, 0.2) is 5.66 Å². The minimum Gasteiger partial charge on any atom is -0.393 e. The van der Waals surface area contributed by atoms with Crippen molar-refractivity contribution in [2.24, 2.45) is 62.5 Å². The number of hydrogen-bond donors (Lipinski definition) is 1. The first-order valence-corrected chi connectivity index (χ1v) is 13.3. The molecule has 5 aliphatic rings. The lowest BCUT2D eigenvalue weighted by molar-refractivity contribution is -0.146. The van der Waals surface area contributed by atoms with Gasteiger partial charge in [-0.1, -0.05) is 40.5 Å². The molecule has 4 aliphatic carbocycles. The Morgan fingerprint density at radius 1 is 1.00 bits per heavy atom.